The summed E-state index contributed by atoms with van der Waals surface area (Å²) in [5.41, 5.74) is 10.6. The summed E-state index contributed by atoms with van der Waals surface area (Å²) in [7, 11) is 1.97. The molecule has 2 atom stereocenters. The lowest BCUT2D eigenvalue weighted by atomic mass is 9.69. The van der Waals surface area contributed by atoms with E-state index in [1.54, 1.807) is 35.6 Å². The van der Waals surface area contributed by atoms with Crippen LogP contribution in [0.4, 0.5) is 21.5 Å². The molecule has 3 heterocycles. The van der Waals surface area contributed by atoms with Gasteiger partial charge in [0.25, 0.3) is 0 Å². The molecule has 45 heavy (non-hydrogen) atoms. The number of pyridine rings is 2. The highest BCUT2D eigenvalue weighted by Crippen LogP contribution is 2.38. The minimum absolute atomic E-state index is 0.174. The van der Waals surface area contributed by atoms with Crippen LogP contribution in [0.1, 0.15) is 29.2 Å². The van der Waals surface area contributed by atoms with Crippen LogP contribution in [0.2, 0.25) is 5.02 Å². The van der Waals surface area contributed by atoms with E-state index in [0.717, 1.165) is 22.5 Å². The van der Waals surface area contributed by atoms with Crippen LogP contribution in [0.15, 0.2) is 109 Å². The van der Waals surface area contributed by atoms with E-state index in [4.69, 9.17) is 11.6 Å². The fourth-order valence-corrected chi connectivity index (χ4v) is 5.61. The molecular weight excluding hydrogens is 588 g/mol. The van der Waals surface area contributed by atoms with Crippen molar-refractivity contribution in [1.82, 2.24) is 20.9 Å². The number of aromatic nitrogens is 2. The van der Waals surface area contributed by atoms with Crippen molar-refractivity contribution in [3.63, 3.8) is 0 Å². The first-order valence-corrected chi connectivity index (χ1v) is 14.5. The van der Waals surface area contributed by atoms with Gasteiger partial charge < -0.3 is 16.1 Å². The molecule has 220 valence electrons. The third-order valence-corrected chi connectivity index (χ3v) is 8.00. The minimum atomic E-state index is -0.921. The van der Waals surface area contributed by atoms with E-state index in [0.29, 0.717) is 32.9 Å². The van der Waals surface area contributed by atoms with Gasteiger partial charge in [0.15, 0.2) is 0 Å². The standard InChI is InChI=1S/C33H26BClFN9/c34-33(23-8-10-24(36)11-9-23,30-20-45(44-43-30)26-7-4-14-39-19-26)42-25-15-27-31(22(17-38)18-40-32(27)28(35)16-25)41-29(12-13-37)21-5-2-1-3-6-21/h1-11,14-16,18-20,29,42-44H,12,34H2,(H,40,41). The van der Waals surface area contributed by atoms with Crippen molar-refractivity contribution >= 4 is 47.4 Å². The molecule has 0 fully saturated rings. The topological polar surface area (TPSA) is 125 Å². The molecule has 0 spiro atoms. The zero-order chi connectivity index (χ0) is 31.4. The molecular formula is C33H26BClFN9. The Morgan fingerprint density at radius 3 is 2.56 bits per heavy atom. The smallest absolute Gasteiger partial charge is 0.148 e. The molecule has 0 amide bonds. The summed E-state index contributed by atoms with van der Waals surface area (Å²) in [6, 6.07) is 27.3. The Bertz CT molecular complexity index is 1960. The number of benzene rings is 3. The number of anilines is 3. The Balaban J connectivity index is 1.45. The maximum Gasteiger partial charge on any atom is 0.148 e. The number of nitriles is 2. The zero-order valence-electron chi connectivity index (χ0n) is 24.1. The number of rotatable bonds is 9. The van der Waals surface area contributed by atoms with Gasteiger partial charge in [0, 0.05) is 29.7 Å². The first-order chi connectivity index (χ1) is 21.9. The Labute approximate surface area is 265 Å². The van der Waals surface area contributed by atoms with Crippen molar-refractivity contribution in [2.24, 2.45) is 0 Å². The van der Waals surface area contributed by atoms with Crippen molar-refractivity contribution < 1.29 is 4.39 Å². The summed E-state index contributed by atoms with van der Waals surface area (Å²) in [6.07, 6.45) is 6.97. The summed E-state index contributed by atoms with van der Waals surface area (Å²) in [6.45, 7) is 0. The molecule has 3 aromatic carbocycles. The lowest BCUT2D eigenvalue weighted by Crippen LogP contribution is -2.45. The van der Waals surface area contributed by atoms with Crippen LogP contribution >= 0.6 is 11.6 Å². The van der Waals surface area contributed by atoms with Gasteiger partial charge in [-0.15, -0.1) is 5.53 Å². The molecule has 5 aromatic rings. The van der Waals surface area contributed by atoms with Crippen molar-refractivity contribution in [2.75, 3.05) is 15.6 Å². The molecule has 2 unspecified atom stereocenters. The average molecular weight is 614 g/mol. The second-order valence-electron chi connectivity index (χ2n) is 10.6. The Hall–Kier alpha value is -5.62. The van der Waals surface area contributed by atoms with Gasteiger partial charge in [0.1, 0.15) is 19.7 Å². The van der Waals surface area contributed by atoms with E-state index in [2.05, 4.69) is 43.7 Å². The molecule has 1 aliphatic heterocycles. The molecule has 9 nitrogen and oxygen atoms in total. The van der Waals surface area contributed by atoms with Gasteiger partial charge in [-0.05, 0) is 47.5 Å². The number of fused-ring (bicyclic) bond motifs is 1. The third kappa shape index (κ3) is 5.95. The predicted octanol–water partition coefficient (Wildman–Crippen LogP) is 5.63. The summed E-state index contributed by atoms with van der Waals surface area (Å²) in [5, 5.41) is 29.5. The lowest BCUT2D eigenvalue weighted by molar-refractivity contribution is 0.607. The third-order valence-electron chi connectivity index (χ3n) is 7.71. The van der Waals surface area contributed by atoms with E-state index in [-0.39, 0.29) is 18.3 Å². The van der Waals surface area contributed by atoms with Crippen molar-refractivity contribution in [3.8, 4) is 12.1 Å². The number of nitrogens with one attached hydrogen (secondary N) is 4. The summed E-state index contributed by atoms with van der Waals surface area (Å²) >= 11 is 6.83. The summed E-state index contributed by atoms with van der Waals surface area (Å²) in [4.78, 5) is 8.69. The summed E-state index contributed by atoms with van der Waals surface area (Å²) < 4.78 is 14.0. The lowest BCUT2D eigenvalue weighted by Gasteiger charge is -2.34. The monoisotopic (exact) mass is 613 g/mol. The van der Waals surface area contributed by atoms with Crippen molar-refractivity contribution in [1.29, 1.82) is 10.5 Å². The quantitative estimate of drug-likeness (QED) is 0.157. The van der Waals surface area contributed by atoms with Gasteiger partial charge in [-0.25, -0.2) is 4.39 Å². The maximum atomic E-state index is 14.0. The maximum absolute atomic E-state index is 14.0. The number of hydrazine groups is 2. The van der Waals surface area contributed by atoms with Gasteiger partial charge in [-0.1, -0.05) is 54.1 Å². The van der Waals surface area contributed by atoms with Gasteiger partial charge >= 0.3 is 0 Å². The second-order valence-corrected chi connectivity index (χ2v) is 11.0. The van der Waals surface area contributed by atoms with Gasteiger partial charge in [0.05, 0.1) is 63.3 Å². The average Bonchev–Trinajstić information content (AvgIpc) is 3.57. The van der Waals surface area contributed by atoms with Crippen LogP contribution in [0.3, 0.4) is 0 Å². The largest absolute Gasteiger partial charge is 0.378 e. The van der Waals surface area contributed by atoms with Crippen LogP contribution in [0, 0.1) is 28.5 Å². The Morgan fingerprint density at radius 1 is 1.04 bits per heavy atom. The number of nitrogens with zero attached hydrogens (tertiary/aromatic N) is 5. The zero-order valence-corrected chi connectivity index (χ0v) is 24.8. The molecule has 1 aliphatic rings. The SMILES string of the molecule is BC(Nc1cc(Cl)c2ncc(C#N)c(NC(CC#N)c3ccccc3)c2c1)(C1=CN(c2cccnc2)NN1)c1ccc(F)cc1. The molecule has 4 N–H and O–H groups in total. The van der Waals surface area contributed by atoms with Gasteiger partial charge in [-0.3, -0.25) is 15.0 Å². The predicted molar refractivity (Wildman–Crippen MR) is 176 cm³/mol. The number of hydrogen-bond acceptors (Lipinski definition) is 9. The Kier molecular flexibility index (Phi) is 8.21. The van der Waals surface area contributed by atoms with Crippen molar-refractivity contribution in [2.45, 2.75) is 17.9 Å². The molecule has 0 radical (unpaired) electrons. The van der Waals surface area contributed by atoms with E-state index in [1.165, 1.54) is 18.3 Å². The number of halogens is 2. The van der Waals surface area contributed by atoms with Gasteiger partial charge in [0.2, 0.25) is 0 Å². The van der Waals surface area contributed by atoms with Crippen LogP contribution in [-0.4, -0.2) is 17.8 Å². The molecule has 0 bridgehead atoms. The molecule has 6 rings (SSSR count). The minimum Gasteiger partial charge on any atom is -0.378 e. The van der Waals surface area contributed by atoms with E-state index >= 15 is 0 Å². The number of hydrogen-bond donors (Lipinski definition) is 4. The fourth-order valence-electron chi connectivity index (χ4n) is 5.35. The van der Waals surface area contributed by atoms with Crippen LogP contribution in [0.25, 0.3) is 10.9 Å². The first-order valence-electron chi connectivity index (χ1n) is 14.1. The highest BCUT2D eigenvalue weighted by Gasteiger charge is 2.35. The highest BCUT2D eigenvalue weighted by molar-refractivity contribution is 6.36. The molecule has 12 heteroatoms. The Morgan fingerprint density at radius 2 is 1.84 bits per heavy atom. The van der Waals surface area contributed by atoms with Crippen LogP contribution < -0.4 is 26.6 Å². The molecule has 2 aromatic heterocycles. The summed E-state index contributed by atoms with van der Waals surface area (Å²) in [5.74, 6) is -0.352. The van der Waals surface area contributed by atoms with E-state index in [1.807, 2.05) is 62.6 Å². The second kappa shape index (κ2) is 12.5. The molecule has 0 saturated carbocycles. The van der Waals surface area contributed by atoms with E-state index < -0.39 is 5.44 Å². The van der Waals surface area contributed by atoms with Crippen molar-refractivity contribution in [3.05, 3.63) is 137 Å². The fraction of sp³-hybridized carbons (Fsp3) is 0.0909. The molecule has 0 aliphatic carbocycles. The van der Waals surface area contributed by atoms with E-state index in [9.17, 15) is 14.9 Å². The van der Waals surface area contributed by atoms with Crippen LogP contribution in [-0.2, 0) is 5.44 Å². The normalized spacial score (nSPS) is 14.4. The van der Waals surface area contributed by atoms with Crippen LogP contribution in [0.5, 0.6) is 0 Å². The molecule has 0 saturated heterocycles. The highest BCUT2D eigenvalue weighted by atomic mass is 35.5. The van der Waals surface area contributed by atoms with Gasteiger partial charge in [-0.2, -0.15) is 10.5 Å². The first kappa shape index (κ1) is 29.5.